The topological polar surface area (TPSA) is 93.9 Å². The molecule has 2 amide bonds. The van der Waals surface area contributed by atoms with Crippen LogP contribution in [0.3, 0.4) is 0 Å². The van der Waals surface area contributed by atoms with Crippen LogP contribution in [0.1, 0.15) is 33.0 Å². The minimum absolute atomic E-state index is 0.0237. The molecule has 1 aliphatic rings. The van der Waals surface area contributed by atoms with Crippen LogP contribution in [-0.4, -0.2) is 48.1 Å². The Kier molecular flexibility index (Phi) is 6.34. The van der Waals surface area contributed by atoms with Gasteiger partial charge in [0.15, 0.2) is 17.1 Å². The van der Waals surface area contributed by atoms with Gasteiger partial charge in [0.25, 0.3) is 11.8 Å². The number of oxazole rings is 1. The molecule has 0 unspecified atom stereocenters. The van der Waals surface area contributed by atoms with E-state index in [4.69, 9.17) is 13.9 Å². The number of para-hydroxylation sites is 2. The van der Waals surface area contributed by atoms with Crippen LogP contribution in [0.15, 0.2) is 77.2 Å². The molecule has 0 spiro atoms. The van der Waals surface area contributed by atoms with Crippen LogP contribution in [0.25, 0.3) is 11.1 Å². The fourth-order valence-electron chi connectivity index (χ4n) is 4.12. The van der Waals surface area contributed by atoms with E-state index >= 15 is 0 Å². The van der Waals surface area contributed by atoms with Gasteiger partial charge in [0.1, 0.15) is 5.52 Å². The minimum Gasteiger partial charge on any atom is -0.454 e. The molecular formula is C27H25N3O5. The second-order valence-electron chi connectivity index (χ2n) is 8.36. The summed E-state index contributed by atoms with van der Waals surface area (Å²) in [6, 6.07) is 22.2. The van der Waals surface area contributed by atoms with Gasteiger partial charge in [-0.2, -0.15) is 0 Å². The smallest absolute Gasteiger partial charge is 0.307 e. The highest BCUT2D eigenvalue weighted by atomic mass is 16.7. The number of benzene rings is 3. The third kappa shape index (κ3) is 4.96. The zero-order chi connectivity index (χ0) is 24.2. The van der Waals surface area contributed by atoms with E-state index in [1.54, 1.807) is 42.3 Å². The second-order valence-corrected chi connectivity index (χ2v) is 8.36. The van der Waals surface area contributed by atoms with Crippen LogP contribution < -0.4 is 14.8 Å². The SMILES string of the molecule is CN(C(=O)c1ccc2c(c1)OCO2)[C@H](CCNC(=O)c1nc2ccccc2o1)Cc1ccccc1. The van der Waals surface area contributed by atoms with Gasteiger partial charge >= 0.3 is 5.91 Å². The highest BCUT2D eigenvalue weighted by molar-refractivity contribution is 5.95. The zero-order valence-corrected chi connectivity index (χ0v) is 19.3. The molecule has 5 rings (SSSR count). The number of hydrogen-bond acceptors (Lipinski definition) is 6. The maximum absolute atomic E-state index is 13.3. The number of amides is 2. The number of rotatable bonds is 8. The van der Waals surface area contributed by atoms with Crippen molar-refractivity contribution >= 4 is 22.9 Å². The number of fused-ring (bicyclic) bond motifs is 2. The first-order chi connectivity index (χ1) is 17.1. The van der Waals surface area contributed by atoms with Crippen molar-refractivity contribution in [3.63, 3.8) is 0 Å². The summed E-state index contributed by atoms with van der Waals surface area (Å²) in [5.74, 6) is 0.705. The van der Waals surface area contributed by atoms with Gasteiger partial charge in [-0.15, -0.1) is 0 Å². The number of nitrogens with zero attached hydrogens (tertiary/aromatic N) is 2. The summed E-state index contributed by atoms with van der Waals surface area (Å²) in [7, 11) is 1.78. The first-order valence-corrected chi connectivity index (χ1v) is 11.4. The minimum atomic E-state index is -0.385. The third-order valence-electron chi connectivity index (χ3n) is 6.05. The molecule has 2 heterocycles. The largest absolute Gasteiger partial charge is 0.454 e. The van der Waals surface area contributed by atoms with Crippen molar-refractivity contribution in [1.82, 2.24) is 15.2 Å². The van der Waals surface area contributed by atoms with Crippen molar-refractivity contribution in [1.29, 1.82) is 0 Å². The zero-order valence-electron chi connectivity index (χ0n) is 19.3. The number of ether oxygens (including phenoxy) is 2. The average molecular weight is 472 g/mol. The Bertz CT molecular complexity index is 1320. The van der Waals surface area contributed by atoms with Gasteiger partial charge in [-0.25, -0.2) is 4.98 Å². The molecule has 8 nitrogen and oxygen atoms in total. The Balaban J connectivity index is 1.28. The van der Waals surface area contributed by atoms with Crippen molar-refractivity contribution in [3.05, 3.63) is 89.8 Å². The molecule has 3 aromatic carbocycles. The first kappa shape index (κ1) is 22.5. The monoisotopic (exact) mass is 471 g/mol. The molecule has 0 radical (unpaired) electrons. The van der Waals surface area contributed by atoms with Gasteiger partial charge < -0.3 is 24.1 Å². The Labute approximate surface area is 202 Å². The summed E-state index contributed by atoms with van der Waals surface area (Å²) in [4.78, 5) is 31.9. The van der Waals surface area contributed by atoms with Crippen molar-refractivity contribution in [2.24, 2.45) is 0 Å². The van der Waals surface area contributed by atoms with Crippen LogP contribution in [0.4, 0.5) is 0 Å². The Morgan fingerprint density at radius 3 is 2.60 bits per heavy atom. The number of hydrogen-bond donors (Lipinski definition) is 1. The van der Waals surface area contributed by atoms with Crippen molar-refractivity contribution in [3.8, 4) is 11.5 Å². The summed E-state index contributed by atoms with van der Waals surface area (Å²) in [6.45, 7) is 0.507. The summed E-state index contributed by atoms with van der Waals surface area (Å²) in [5, 5.41) is 2.87. The maximum atomic E-state index is 13.3. The number of carbonyl (C=O) groups is 2. The summed E-state index contributed by atoms with van der Waals surface area (Å²) in [5.41, 5.74) is 2.82. The standard InChI is InChI=1S/C27H25N3O5/c1-30(27(32)19-11-12-23-24(16-19)34-17-33-23)20(15-18-7-3-2-4-8-18)13-14-28-25(31)26-29-21-9-5-6-10-22(21)35-26/h2-12,16,20H,13-15,17H2,1H3,(H,28,31)/t20-/m1/s1. The van der Waals surface area contributed by atoms with Gasteiger partial charge in [-0.1, -0.05) is 42.5 Å². The van der Waals surface area contributed by atoms with E-state index in [0.717, 1.165) is 5.56 Å². The lowest BCUT2D eigenvalue weighted by atomic mass is 10.0. The summed E-state index contributed by atoms with van der Waals surface area (Å²) in [6.07, 6.45) is 1.19. The van der Waals surface area contributed by atoms with Crippen LogP contribution in [-0.2, 0) is 6.42 Å². The summed E-state index contributed by atoms with van der Waals surface area (Å²) >= 11 is 0. The number of carbonyl (C=O) groups excluding carboxylic acids is 2. The Hall–Kier alpha value is -4.33. The van der Waals surface area contributed by atoms with Gasteiger partial charge in [0.05, 0.1) is 0 Å². The summed E-state index contributed by atoms with van der Waals surface area (Å²) < 4.78 is 16.3. The number of nitrogens with one attached hydrogen (secondary N) is 1. The number of aromatic nitrogens is 1. The third-order valence-corrected chi connectivity index (χ3v) is 6.05. The molecule has 0 fully saturated rings. The molecule has 4 aromatic rings. The van der Waals surface area contributed by atoms with Crippen molar-refractivity contribution in [2.45, 2.75) is 18.9 Å². The van der Waals surface area contributed by atoms with Crippen LogP contribution >= 0.6 is 0 Å². The molecule has 1 aromatic heterocycles. The van der Waals surface area contributed by atoms with Crippen molar-refractivity contribution in [2.75, 3.05) is 20.4 Å². The van der Waals surface area contributed by atoms with Gasteiger partial charge in [-0.05, 0) is 48.7 Å². The predicted molar refractivity (Wildman–Crippen MR) is 130 cm³/mol. The highest BCUT2D eigenvalue weighted by Gasteiger charge is 2.24. The van der Waals surface area contributed by atoms with E-state index in [0.29, 0.717) is 47.5 Å². The maximum Gasteiger partial charge on any atom is 0.307 e. The molecule has 1 atom stereocenters. The van der Waals surface area contributed by atoms with E-state index in [9.17, 15) is 9.59 Å². The molecule has 0 aliphatic carbocycles. The normalized spacial score (nSPS) is 12.9. The fraction of sp³-hybridized carbons (Fsp3) is 0.222. The van der Waals surface area contributed by atoms with E-state index < -0.39 is 0 Å². The second kappa shape index (κ2) is 9.89. The Morgan fingerprint density at radius 2 is 1.77 bits per heavy atom. The van der Waals surface area contributed by atoms with Crippen LogP contribution in [0, 0.1) is 0 Å². The molecule has 1 aliphatic heterocycles. The average Bonchev–Trinajstić information content (AvgIpc) is 3.54. The van der Waals surface area contributed by atoms with Gasteiger partial charge in [0.2, 0.25) is 6.79 Å². The molecule has 1 N–H and O–H groups in total. The van der Waals surface area contributed by atoms with Gasteiger partial charge in [0, 0.05) is 25.2 Å². The lowest BCUT2D eigenvalue weighted by Gasteiger charge is -2.29. The highest BCUT2D eigenvalue weighted by Crippen LogP contribution is 2.33. The molecule has 178 valence electrons. The molecular weight excluding hydrogens is 446 g/mol. The van der Waals surface area contributed by atoms with E-state index in [1.807, 2.05) is 42.5 Å². The molecule has 0 saturated heterocycles. The molecule has 35 heavy (non-hydrogen) atoms. The number of likely N-dealkylation sites (N-methyl/N-ethyl adjacent to an activating group) is 1. The van der Waals surface area contributed by atoms with Crippen LogP contribution in [0.5, 0.6) is 11.5 Å². The van der Waals surface area contributed by atoms with E-state index in [1.165, 1.54) is 0 Å². The Morgan fingerprint density at radius 1 is 1.00 bits per heavy atom. The van der Waals surface area contributed by atoms with E-state index in [-0.39, 0.29) is 30.5 Å². The molecule has 0 saturated carbocycles. The predicted octanol–water partition coefficient (Wildman–Crippen LogP) is 4.06. The fourth-order valence-corrected chi connectivity index (χ4v) is 4.12. The van der Waals surface area contributed by atoms with Gasteiger partial charge in [-0.3, -0.25) is 9.59 Å². The lowest BCUT2D eigenvalue weighted by Crippen LogP contribution is -2.41. The van der Waals surface area contributed by atoms with Crippen molar-refractivity contribution < 1.29 is 23.5 Å². The van der Waals surface area contributed by atoms with E-state index in [2.05, 4.69) is 10.3 Å². The first-order valence-electron chi connectivity index (χ1n) is 11.4. The van der Waals surface area contributed by atoms with Crippen LogP contribution in [0.2, 0.25) is 0 Å². The lowest BCUT2D eigenvalue weighted by molar-refractivity contribution is 0.0722. The molecule has 8 heteroatoms. The quantitative estimate of drug-likeness (QED) is 0.417. The molecule has 0 bridgehead atoms.